The number of nitrogens with zero attached hydrogens (tertiary/aromatic N) is 2. The molecule has 2 aliphatic heterocycles. The third-order valence-electron chi connectivity index (χ3n) is 5.24. The van der Waals surface area contributed by atoms with E-state index in [-0.39, 0.29) is 21.6 Å². The molecule has 2 aromatic rings. The number of carbonyl (C=O) groups is 3. The van der Waals surface area contributed by atoms with Gasteiger partial charge < -0.3 is 4.74 Å². The third-order valence-corrected chi connectivity index (χ3v) is 7.20. The van der Waals surface area contributed by atoms with Gasteiger partial charge in [-0.25, -0.2) is 18.1 Å². The van der Waals surface area contributed by atoms with Crippen LogP contribution < -0.4 is 0 Å². The van der Waals surface area contributed by atoms with Crippen molar-refractivity contribution in [1.82, 2.24) is 9.21 Å². The lowest BCUT2D eigenvalue weighted by Crippen LogP contribution is -2.37. The Balaban J connectivity index is 1.53. The topological polar surface area (TPSA) is 101 Å². The Morgan fingerprint density at radius 2 is 1.43 bits per heavy atom. The molecule has 0 N–H and O–H groups in total. The molecule has 0 aliphatic carbocycles. The Kier molecular flexibility index (Phi) is 5.40. The van der Waals surface area contributed by atoms with E-state index in [1.807, 2.05) is 0 Å². The Hall–Kier alpha value is -3.04. The molecule has 30 heavy (non-hydrogen) atoms. The fourth-order valence-electron chi connectivity index (χ4n) is 3.66. The molecular formula is C21H20N2O6S. The van der Waals surface area contributed by atoms with E-state index in [1.165, 1.54) is 40.7 Å². The second-order valence-electron chi connectivity index (χ2n) is 7.11. The van der Waals surface area contributed by atoms with Gasteiger partial charge in [-0.3, -0.25) is 9.59 Å². The van der Waals surface area contributed by atoms with Crippen LogP contribution in [0, 0.1) is 0 Å². The van der Waals surface area contributed by atoms with Crippen molar-refractivity contribution in [3.05, 3.63) is 65.2 Å². The predicted molar refractivity (Wildman–Crippen MR) is 106 cm³/mol. The second-order valence-corrected chi connectivity index (χ2v) is 9.01. The van der Waals surface area contributed by atoms with E-state index < -0.39 is 34.5 Å². The van der Waals surface area contributed by atoms with Gasteiger partial charge in [-0.2, -0.15) is 4.31 Å². The molecule has 0 radical (unpaired) electrons. The van der Waals surface area contributed by atoms with Crippen molar-refractivity contribution in [1.29, 1.82) is 0 Å². The van der Waals surface area contributed by atoms with Gasteiger partial charge in [0.2, 0.25) is 10.0 Å². The smallest absolute Gasteiger partial charge is 0.341 e. The molecule has 4 rings (SSSR count). The molecular weight excluding hydrogens is 408 g/mol. The first-order valence-electron chi connectivity index (χ1n) is 9.63. The number of benzene rings is 2. The molecule has 1 fully saturated rings. The van der Waals surface area contributed by atoms with E-state index in [0.29, 0.717) is 13.1 Å². The number of esters is 1. The lowest BCUT2D eigenvalue weighted by Gasteiger charge is -2.26. The zero-order valence-corrected chi connectivity index (χ0v) is 16.9. The SMILES string of the molecule is O=C(OCN1C(=O)c2ccccc2C1=O)c1ccccc1S(=O)(=O)N1CCCCC1. The molecule has 2 heterocycles. The van der Waals surface area contributed by atoms with Crippen molar-refractivity contribution in [3.63, 3.8) is 0 Å². The van der Waals surface area contributed by atoms with Crippen LogP contribution in [0.3, 0.4) is 0 Å². The largest absolute Gasteiger partial charge is 0.440 e. The van der Waals surface area contributed by atoms with Gasteiger partial charge in [0.25, 0.3) is 11.8 Å². The highest BCUT2D eigenvalue weighted by Gasteiger charge is 2.36. The maximum Gasteiger partial charge on any atom is 0.341 e. The van der Waals surface area contributed by atoms with Gasteiger partial charge in [0, 0.05) is 13.1 Å². The van der Waals surface area contributed by atoms with Crippen LogP contribution in [0.15, 0.2) is 53.4 Å². The van der Waals surface area contributed by atoms with Gasteiger partial charge in [0.05, 0.1) is 21.6 Å². The average molecular weight is 428 g/mol. The number of rotatable bonds is 5. The van der Waals surface area contributed by atoms with Crippen LogP contribution in [0.2, 0.25) is 0 Å². The van der Waals surface area contributed by atoms with E-state index in [1.54, 1.807) is 12.1 Å². The number of piperidine rings is 1. The first-order valence-corrected chi connectivity index (χ1v) is 11.1. The summed E-state index contributed by atoms with van der Waals surface area (Å²) in [6.07, 6.45) is 2.51. The number of imide groups is 1. The number of hydrogen-bond acceptors (Lipinski definition) is 6. The molecule has 0 spiro atoms. The second kappa shape index (κ2) is 8.00. The van der Waals surface area contributed by atoms with Gasteiger partial charge in [0.1, 0.15) is 0 Å². The highest BCUT2D eigenvalue weighted by Crippen LogP contribution is 2.25. The van der Waals surface area contributed by atoms with Crippen LogP contribution in [-0.2, 0) is 14.8 Å². The summed E-state index contributed by atoms with van der Waals surface area (Å²) in [4.78, 5) is 38.2. The molecule has 2 aromatic carbocycles. The van der Waals surface area contributed by atoms with E-state index in [0.717, 1.165) is 24.2 Å². The molecule has 0 saturated carbocycles. The molecule has 8 nitrogen and oxygen atoms in total. The lowest BCUT2D eigenvalue weighted by molar-refractivity contribution is 0.0225. The fourth-order valence-corrected chi connectivity index (χ4v) is 5.36. The zero-order chi connectivity index (χ0) is 21.3. The van der Waals surface area contributed by atoms with Crippen molar-refractivity contribution >= 4 is 27.8 Å². The van der Waals surface area contributed by atoms with Crippen LogP contribution in [-0.4, -0.2) is 55.2 Å². The van der Waals surface area contributed by atoms with Crippen molar-refractivity contribution in [3.8, 4) is 0 Å². The maximum absolute atomic E-state index is 13.0. The highest BCUT2D eigenvalue weighted by atomic mass is 32.2. The number of carbonyl (C=O) groups excluding carboxylic acids is 3. The van der Waals surface area contributed by atoms with Crippen molar-refractivity contribution in [2.24, 2.45) is 0 Å². The minimum Gasteiger partial charge on any atom is -0.440 e. The first-order chi connectivity index (χ1) is 14.4. The summed E-state index contributed by atoms with van der Waals surface area (Å²) in [5.74, 6) is -2.03. The van der Waals surface area contributed by atoms with Crippen LogP contribution in [0.25, 0.3) is 0 Å². The average Bonchev–Trinajstić information content (AvgIpc) is 3.02. The fraction of sp³-hybridized carbons (Fsp3) is 0.286. The van der Waals surface area contributed by atoms with E-state index in [4.69, 9.17) is 4.74 Å². The van der Waals surface area contributed by atoms with E-state index in [2.05, 4.69) is 0 Å². The summed E-state index contributed by atoms with van der Waals surface area (Å²) in [6, 6.07) is 12.1. The standard InChI is InChI=1S/C21H20N2O6S/c24-19-15-8-2-3-9-16(15)20(25)23(19)14-29-21(26)17-10-4-5-11-18(17)30(27,28)22-12-6-1-7-13-22/h2-5,8-11H,1,6-7,12-14H2. The molecule has 0 atom stereocenters. The summed E-state index contributed by atoms with van der Waals surface area (Å²) in [7, 11) is -3.86. The number of ether oxygens (including phenoxy) is 1. The Morgan fingerprint density at radius 3 is 2.07 bits per heavy atom. The zero-order valence-electron chi connectivity index (χ0n) is 16.1. The monoisotopic (exact) mass is 428 g/mol. The van der Waals surface area contributed by atoms with Crippen molar-refractivity contribution < 1.29 is 27.5 Å². The third kappa shape index (κ3) is 3.50. The summed E-state index contributed by atoms with van der Waals surface area (Å²) in [5, 5.41) is 0. The van der Waals surface area contributed by atoms with E-state index >= 15 is 0 Å². The van der Waals surface area contributed by atoms with Gasteiger partial charge in [-0.05, 0) is 37.1 Å². The molecule has 0 aromatic heterocycles. The normalized spacial score (nSPS) is 17.1. The van der Waals surface area contributed by atoms with Crippen LogP contribution in [0.4, 0.5) is 0 Å². The van der Waals surface area contributed by atoms with Gasteiger partial charge >= 0.3 is 5.97 Å². The van der Waals surface area contributed by atoms with Crippen LogP contribution in [0.5, 0.6) is 0 Å². The highest BCUT2D eigenvalue weighted by molar-refractivity contribution is 7.89. The molecule has 2 aliphatic rings. The van der Waals surface area contributed by atoms with Gasteiger partial charge in [-0.15, -0.1) is 0 Å². The molecule has 2 amide bonds. The molecule has 0 unspecified atom stereocenters. The minimum atomic E-state index is -3.86. The molecule has 156 valence electrons. The van der Waals surface area contributed by atoms with Crippen LogP contribution in [0.1, 0.15) is 50.3 Å². The number of fused-ring (bicyclic) bond motifs is 1. The quantitative estimate of drug-likeness (QED) is 0.535. The molecule has 1 saturated heterocycles. The summed E-state index contributed by atoms with van der Waals surface area (Å²) in [6.45, 7) is 0.213. The maximum atomic E-state index is 13.0. The first kappa shape index (κ1) is 20.2. The lowest BCUT2D eigenvalue weighted by atomic mass is 10.1. The van der Waals surface area contributed by atoms with Gasteiger partial charge in [0.15, 0.2) is 6.73 Å². The number of sulfonamides is 1. The Labute approximate surface area is 174 Å². The van der Waals surface area contributed by atoms with Crippen LogP contribution >= 0.6 is 0 Å². The van der Waals surface area contributed by atoms with Crippen molar-refractivity contribution in [2.45, 2.75) is 24.2 Å². The molecule has 0 bridgehead atoms. The summed E-state index contributed by atoms with van der Waals surface area (Å²) < 4.78 is 32.6. The number of hydrogen-bond donors (Lipinski definition) is 0. The Bertz CT molecular complexity index is 1090. The summed E-state index contributed by atoms with van der Waals surface area (Å²) in [5.41, 5.74) is 0.359. The minimum absolute atomic E-state index is 0.125. The van der Waals surface area contributed by atoms with E-state index in [9.17, 15) is 22.8 Å². The Morgan fingerprint density at radius 1 is 0.867 bits per heavy atom. The number of amides is 2. The van der Waals surface area contributed by atoms with Crippen molar-refractivity contribution in [2.75, 3.05) is 19.8 Å². The predicted octanol–water partition coefficient (Wildman–Crippen LogP) is 2.27. The molecule has 9 heteroatoms. The van der Waals surface area contributed by atoms with Gasteiger partial charge in [-0.1, -0.05) is 30.7 Å². The summed E-state index contributed by atoms with van der Waals surface area (Å²) >= 11 is 0.